The number of nitriles is 1. The quantitative estimate of drug-likeness (QED) is 0.884. The van der Waals surface area contributed by atoms with E-state index in [1.807, 2.05) is 19.9 Å². The zero-order valence-corrected chi connectivity index (χ0v) is 13.1. The third kappa shape index (κ3) is 4.24. The molecule has 0 saturated carbocycles. The van der Waals surface area contributed by atoms with E-state index in [1.165, 1.54) is 0 Å². The summed E-state index contributed by atoms with van der Waals surface area (Å²) in [5.41, 5.74) is 1.52. The Hall–Kier alpha value is -3.00. The predicted molar refractivity (Wildman–Crippen MR) is 87.9 cm³/mol. The lowest BCUT2D eigenvalue weighted by Crippen LogP contribution is -2.13. The molecule has 2 rings (SSSR count). The average Bonchev–Trinajstić information content (AvgIpc) is 2.57. The van der Waals surface area contributed by atoms with E-state index in [1.54, 1.807) is 42.5 Å². The van der Waals surface area contributed by atoms with Crippen molar-refractivity contribution in [1.82, 2.24) is 0 Å². The summed E-state index contributed by atoms with van der Waals surface area (Å²) in [6.45, 7) is 4.80. The number of hydrogen-bond acceptors (Lipinski definition) is 4. The molecule has 5 nitrogen and oxygen atoms in total. The summed E-state index contributed by atoms with van der Waals surface area (Å²) in [6.07, 6.45) is 0. The molecule has 1 amide bonds. The number of ether oxygens (including phenoxy) is 2. The minimum absolute atomic E-state index is 0.274. The maximum Gasteiger partial charge on any atom is 0.255 e. The van der Waals surface area contributed by atoms with E-state index in [0.29, 0.717) is 41.5 Å². The molecule has 0 radical (unpaired) electrons. The Labute approximate surface area is 135 Å². The van der Waals surface area contributed by atoms with Crippen molar-refractivity contribution >= 4 is 11.6 Å². The van der Waals surface area contributed by atoms with Crippen LogP contribution in [0, 0.1) is 11.3 Å². The molecule has 2 aromatic rings. The van der Waals surface area contributed by atoms with E-state index in [9.17, 15) is 4.79 Å². The van der Waals surface area contributed by atoms with Gasteiger partial charge in [-0.1, -0.05) is 0 Å². The number of rotatable bonds is 6. The van der Waals surface area contributed by atoms with E-state index >= 15 is 0 Å². The third-order valence-electron chi connectivity index (χ3n) is 3.09. The first-order valence-electron chi connectivity index (χ1n) is 7.39. The molecule has 5 heteroatoms. The molecule has 118 valence electrons. The molecule has 0 aliphatic heterocycles. The second-order valence-electron chi connectivity index (χ2n) is 4.67. The van der Waals surface area contributed by atoms with Gasteiger partial charge in [-0.05, 0) is 50.2 Å². The van der Waals surface area contributed by atoms with Crippen molar-refractivity contribution in [2.24, 2.45) is 0 Å². The monoisotopic (exact) mass is 310 g/mol. The Kier molecular flexibility index (Phi) is 5.59. The van der Waals surface area contributed by atoms with Crippen LogP contribution in [0.3, 0.4) is 0 Å². The summed E-state index contributed by atoms with van der Waals surface area (Å²) in [5, 5.41) is 11.6. The highest BCUT2D eigenvalue weighted by atomic mass is 16.5. The van der Waals surface area contributed by atoms with Gasteiger partial charge >= 0.3 is 0 Å². The zero-order valence-electron chi connectivity index (χ0n) is 13.1. The fourth-order valence-corrected chi connectivity index (χ4v) is 2.04. The first kappa shape index (κ1) is 16.4. The van der Waals surface area contributed by atoms with Gasteiger partial charge < -0.3 is 14.8 Å². The standard InChI is InChI=1S/C18H18N2O3/c1-3-22-15-9-10-17(23-4-2)16(11-15)20-18(21)14-7-5-13(12-19)6-8-14/h5-11H,3-4H2,1-2H3,(H,20,21). The van der Waals surface area contributed by atoms with Gasteiger partial charge in [0.05, 0.1) is 30.5 Å². The number of carbonyl (C=O) groups is 1. The van der Waals surface area contributed by atoms with Crippen molar-refractivity contribution in [3.63, 3.8) is 0 Å². The molecular weight excluding hydrogens is 292 g/mol. The van der Waals surface area contributed by atoms with Crippen molar-refractivity contribution in [2.75, 3.05) is 18.5 Å². The Morgan fingerprint density at radius 2 is 1.78 bits per heavy atom. The van der Waals surface area contributed by atoms with Crippen LogP contribution in [0.4, 0.5) is 5.69 Å². The highest BCUT2D eigenvalue weighted by Crippen LogP contribution is 2.29. The minimum Gasteiger partial charge on any atom is -0.494 e. The van der Waals surface area contributed by atoms with Crippen molar-refractivity contribution in [3.8, 4) is 17.6 Å². The highest BCUT2D eigenvalue weighted by molar-refractivity contribution is 6.05. The van der Waals surface area contributed by atoms with Crippen molar-refractivity contribution < 1.29 is 14.3 Å². The Morgan fingerprint density at radius 3 is 2.39 bits per heavy atom. The second kappa shape index (κ2) is 7.85. The fourth-order valence-electron chi connectivity index (χ4n) is 2.04. The van der Waals surface area contributed by atoms with Crippen LogP contribution in [0.2, 0.25) is 0 Å². The minimum atomic E-state index is -0.274. The number of hydrogen-bond donors (Lipinski definition) is 1. The van der Waals surface area contributed by atoms with Crippen LogP contribution in [0.5, 0.6) is 11.5 Å². The first-order valence-corrected chi connectivity index (χ1v) is 7.39. The van der Waals surface area contributed by atoms with Crippen LogP contribution in [-0.4, -0.2) is 19.1 Å². The second-order valence-corrected chi connectivity index (χ2v) is 4.67. The third-order valence-corrected chi connectivity index (χ3v) is 3.09. The Bertz CT molecular complexity index is 718. The van der Waals surface area contributed by atoms with Gasteiger partial charge in [-0.15, -0.1) is 0 Å². The lowest BCUT2D eigenvalue weighted by atomic mass is 10.1. The van der Waals surface area contributed by atoms with Gasteiger partial charge in [-0.2, -0.15) is 5.26 Å². The van der Waals surface area contributed by atoms with E-state index in [4.69, 9.17) is 14.7 Å². The molecule has 0 aromatic heterocycles. The molecular formula is C18H18N2O3. The number of carbonyl (C=O) groups excluding carboxylic acids is 1. The van der Waals surface area contributed by atoms with Gasteiger partial charge in [0.1, 0.15) is 11.5 Å². The molecule has 2 aromatic carbocycles. The molecule has 0 bridgehead atoms. The SMILES string of the molecule is CCOc1ccc(OCC)c(NC(=O)c2ccc(C#N)cc2)c1. The molecule has 0 unspecified atom stereocenters. The molecule has 23 heavy (non-hydrogen) atoms. The predicted octanol–water partition coefficient (Wildman–Crippen LogP) is 3.61. The molecule has 0 aliphatic rings. The summed E-state index contributed by atoms with van der Waals surface area (Å²) in [4.78, 5) is 12.3. The smallest absolute Gasteiger partial charge is 0.255 e. The summed E-state index contributed by atoms with van der Waals surface area (Å²) < 4.78 is 11.0. The van der Waals surface area contributed by atoms with Gasteiger partial charge in [0.15, 0.2) is 0 Å². The van der Waals surface area contributed by atoms with Crippen molar-refractivity contribution in [3.05, 3.63) is 53.6 Å². The zero-order chi connectivity index (χ0) is 16.7. The molecule has 1 N–H and O–H groups in total. The van der Waals surface area contributed by atoms with Crippen LogP contribution in [-0.2, 0) is 0 Å². The highest BCUT2D eigenvalue weighted by Gasteiger charge is 2.11. The van der Waals surface area contributed by atoms with Gasteiger partial charge in [0, 0.05) is 11.6 Å². The van der Waals surface area contributed by atoms with Crippen LogP contribution >= 0.6 is 0 Å². The molecule has 0 aliphatic carbocycles. The molecule has 0 atom stereocenters. The fraction of sp³-hybridized carbons (Fsp3) is 0.222. The number of anilines is 1. The van der Waals surface area contributed by atoms with Crippen molar-refractivity contribution in [1.29, 1.82) is 5.26 Å². The maximum absolute atomic E-state index is 12.3. The van der Waals surface area contributed by atoms with E-state index in [0.717, 1.165) is 0 Å². The topological polar surface area (TPSA) is 71.3 Å². The number of nitrogens with zero attached hydrogens (tertiary/aromatic N) is 1. The lowest BCUT2D eigenvalue weighted by molar-refractivity contribution is 0.102. The lowest BCUT2D eigenvalue weighted by Gasteiger charge is -2.13. The number of nitrogens with one attached hydrogen (secondary N) is 1. The van der Waals surface area contributed by atoms with Gasteiger partial charge in [0.2, 0.25) is 0 Å². The summed E-state index contributed by atoms with van der Waals surface area (Å²) in [6, 6.07) is 13.8. The Morgan fingerprint density at radius 1 is 1.09 bits per heavy atom. The summed E-state index contributed by atoms with van der Waals surface area (Å²) >= 11 is 0. The van der Waals surface area contributed by atoms with Crippen LogP contribution in [0.25, 0.3) is 0 Å². The van der Waals surface area contributed by atoms with E-state index in [2.05, 4.69) is 5.32 Å². The van der Waals surface area contributed by atoms with E-state index < -0.39 is 0 Å². The first-order chi connectivity index (χ1) is 11.2. The van der Waals surface area contributed by atoms with Crippen LogP contribution < -0.4 is 14.8 Å². The van der Waals surface area contributed by atoms with Gasteiger partial charge in [-0.3, -0.25) is 4.79 Å². The molecule has 0 spiro atoms. The molecule has 0 saturated heterocycles. The van der Waals surface area contributed by atoms with Gasteiger partial charge in [0.25, 0.3) is 5.91 Å². The maximum atomic E-state index is 12.3. The van der Waals surface area contributed by atoms with Crippen LogP contribution in [0.15, 0.2) is 42.5 Å². The summed E-state index contributed by atoms with van der Waals surface area (Å²) in [7, 11) is 0. The molecule has 0 fully saturated rings. The van der Waals surface area contributed by atoms with Crippen LogP contribution in [0.1, 0.15) is 29.8 Å². The van der Waals surface area contributed by atoms with E-state index in [-0.39, 0.29) is 5.91 Å². The largest absolute Gasteiger partial charge is 0.494 e. The number of benzene rings is 2. The number of amides is 1. The summed E-state index contributed by atoms with van der Waals surface area (Å²) in [5.74, 6) is 0.966. The normalized spacial score (nSPS) is 9.78. The van der Waals surface area contributed by atoms with Crippen molar-refractivity contribution in [2.45, 2.75) is 13.8 Å². The van der Waals surface area contributed by atoms with Gasteiger partial charge in [-0.25, -0.2) is 0 Å². The molecule has 0 heterocycles. The average molecular weight is 310 g/mol. The Balaban J connectivity index is 2.23.